The second kappa shape index (κ2) is 5.87. The molecule has 8 heteroatoms. The minimum absolute atomic E-state index is 0.0497. The van der Waals surface area contributed by atoms with Gasteiger partial charge >= 0.3 is 5.62 Å². The monoisotopic (exact) mass is 295 g/mol. The van der Waals surface area contributed by atoms with Gasteiger partial charge in [-0.05, 0) is 17.7 Å². The lowest BCUT2D eigenvalue weighted by Gasteiger charge is -2.03. The highest BCUT2D eigenvalue weighted by atomic mass is 35.5. The lowest BCUT2D eigenvalue weighted by atomic mass is 10.2. The van der Waals surface area contributed by atoms with Crippen LogP contribution in [0.25, 0.3) is 0 Å². The maximum Gasteiger partial charge on any atom is 0.318 e. The van der Waals surface area contributed by atoms with E-state index in [1.165, 1.54) is 0 Å². The number of benzene rings is 1. The van der Waals surface area contributed by atoms with Gasteiger partial charge in [0, 0.05) is 10.9 Å². The topological polar surface area (TPSA) is 89.1 Å². The van der Waals surface area contributed by atoms with Crippen molar-refractivity contribution in [2.45, 2.75) is 26.3 Å². The third-order valence-electron chi connectivity index (χ3n) is 2.68. The summed E-state index contributed by atoms with van der Waals surface area (Å²) in [5.74, 6) is 0.779. The van der Waals surface area contributed by atoms with Crippen molar-refractivity contribution < 1.29 is 5.03 Å². The van der Waals surface area contributed by atoms with E-state index in [1.54, 1.807) is 16.8 Å². The van der Waals surface area contributed by atoms with E-state index in [9.17, 15) is 10.1 Å². The van der Waals surface area contributed by atoms with Crippen molar-refractivity contribution in [2.24, 2.45) is 5.10 Å². The Morgan fingerprint density at radius 3 is 2.65 bits per heavy atom. The molecule has 1 aromatic heterocycles. The number of nitrogens with one attached hydrogen (secondary N) is 1. The minimum atomic E-state index is -0.751. The first-order chi connectivity index (χ1) is 9.45. The third kappa shape index (κ3) is 3.45. The molecule has 1 aromatic carbocycles. The van der Waals surface area contributed by atoms with Crippen LogP contribution in [0.1, 0.15) is 31.2 Å². The molecule has 0 saturated carbocycles. The van der Waals surface area contributed by atoms with Crippen molar-refractivity contribution in [2.75, 3.05) is 0 Å². The van der Waals surface area contributed by atoms with Crippen LogP contribution in [0.2, 0.25) is 5.02 Å². The van der Waals surface area contributed by atoms with E-state index in [1.807, 2.05) is 26.0 Å². The normalized spacial score (nSPS) is 12.1. The van der Waals surface area contributed by atoms with E-state index >= 15 is 0 Å². The van der Waals surface area contributed by atoms with Gasteiger partial charge in [-0.3, -0.25) is 5.10 Å². The molecule has 1 N–H and O–H groups in total. The van der Waals surface area contributed by atoms with Gasteiger partial charge in [-0.2, -0.15) is 4.98 Å². The summed E-state index contributed by atoms with van der Waals surface area (Å²) in [7, 11) is 0. The van der Waals surface area contributed by atoms with Gasteiger partial charge in [-0.25, -0.2) is 14.8 Å². The molecular formula is C12H14ClN5O2. The number of rotatable bonds is 4. The molecule has 1 heterocycles. The summed E-state index contributed by atoms with van der Waals surface area (Å²) < 4.78 is 1.54. The Morgan fingerprint density at radius 1 is 1.45 bits per heavy atom. The zero-order valence-electron chi connectivity index (χ0n) is 11.1. The summed E-state index contributed by atoms with van der Waals surface area (Å²) in [6.07, 6.45) is 0. The molecule has 0 atom stereocenters. The Kier molecular flexibility index (Phi) is 4.19. The van der Waals surface area contributed by atoms with Crippen molar-refractivity contribution >= 4 is 11.6 Å². The molecule has 106 valence electrons. The lowest BCUT2D eigenvalue weighted by Crippen LogP contribution is -2.22. The van der Waals surface area contributed by atoms with E-state index < -0.39 is 5.03 Å². The van der Waals surface area contributed by atoms with Crippen LogP contribution in [0.5, 0.6) is 0 Å². The summed E-state index contributed by atoms with van der Waals surface area (Å²) in [5.41, 5.74) is 0.992. The molecule has 0 saturated heterocycles. The van der Waals surface area contributed by atoms with Crippen LogP contribution >= 0.6 is 11.6 Å². The van der Waals surface area contributed by atoms with Crippen molar-refractivity contribution in [3.05, 3.63) is 56.4 Å². The van der Waals surface area contributed by atoms with E-state index in [-0.39, 0.29) is 11.5 Å². The Hall–Kier alpha value is -2.15. The molecule has 0 radical (unpaired) electrons. The van der Waals surface area contributed by atoms with Gasteiger partial charge < -0.3 is 0 Å². The van der Waals surface area contributed by atoms with Crippen LogP contribution in [0.3, 0.4) is 0 Å². The van der Waals surface area contributed by atoms with Crippen LogP contribution in [0, 0.1) is 10.1 Å². The van der Waals surface area contributed by atoms with Crippen LogP contribution in [0.4, 0.5) is 0 Å². The van der Waals surface area contributed by atoms with Gasteiger partial charge in [0.15, 0.2) is 5.03 Å². The van der Waals surface area contributed by atoms with Gasteiger partial charge in [0.1, 0.15) is 10.9 Å². The summed E-state index contributed by atoms with van der Waals surface area (Å²) in [6.45, 7) is 4.30. The van der Waals surface area contributed by atoms with Crippen LogP contribution in [-0.4, -0.2) is 19.8 Å². The first-order valence-corrected chi connectivity index (χ1v) is 6.43. The van der Waals surface area contributed by atoms with E-state index in [0.29, 0.717) is 17.4 Å². The lowest BCUT2D eigenvalue weighted by molar-refractivity contribution is -0.491. The first-order valence-electron chi connectivity index (χ1n) is 6.06. The average molecular weight is 296 g/mol. The quantitative estimate of drug-likeness (QED) is 0.692. The van der Waals surface area contributed by atoms with Gasteiger partial charge in [-0.15, -0.1) is 0 Å². The Labute approximate surface area is 120 Å². The standard InChI is InChI=1S/C12H14ClN5O2/c1-8(2)11-14-12(16-18(19)20)17(15-11)7-9-3-5-10(13)6-4-9/h3-6,8H,7H2,1-2H3,(H,14,15,16). The molecule has 2 aromatic rings. The fraction of sp³-hybridized carbons (Fsp3) is 0.333. The molecule has 0 spiro atoms. The molecule has 0 aliphatic carbocycles. The number of halogens is 1. The van der Waals surface area contributed by atoms with Gasteiger partial charge in [0.05, 0.1) is 6.54 Å². The van der Waals surface area contributed by atoms with Crippen molar-refractivity contribution in [1.29, 1.82) is 0 Å². The predicted octanol–water partition coefficient (Wildman–Crippen LogP) is 2.13. The number of nitro groups is 1. The highest BCUT2D eigenvalue weighted by molar-refractivity contribution is 6.30. The number of hydrogen-bond acceptors (Lipinski definition) is 3. The number of aromatic amines is 1. The highest BCUT2D eigenvalue weighted by Gasteiger charge is 2.10. The number of hydrogen-bond donors (Lipinski definition) is 1. The fourth-order valence-corrected chi connectivity index (χ4v) is 1.80. The van der Waals surface area contributed by atoms with E-state index in [2.05, 4.69) is 15.2 Å². The molecule has 7 nitrogen and oxygen atoms in total. The molecule has 20 heavy (non-hydrogen) atoms. The van der Waals surface area contributed by atoms with Gasteiger partial charge in [-0.1, -0.05) is 37.6 Å². The van der Waals surface area contributed by atoms with E-state index in [4.69, 9.17) is 11.6 Å². The van der Waals surface area contributed by atoms with Crippen LogP contribution < -0.4 is 5.62 Å². The van der Waals surface area contributed by atoms with E-state index in [0.717, 1.165) is 5.56 Å². The Morgan fingerprint density at radius 2 is 2.10 bits per heavy atom. The molecule has 0 aliphatic heterocycles. The zero-order valence-corrected chi connectivity index (χ0v) is 11.8. The second-order valence-corrected chi connectivity index (χ2v) is 5.05. The van der Waals surface area contributed by atoms with Crippen LogP contribution in [-0.2, 0) is 6.54 Å². The van der Waals surface area contributed by atoms with Gasteiger partial charge in [0.2, 0.25) is 0 Å². The minimum Gasteiger partial charge on any atom is -0.282 e. The zero-order chi connectivity index (χ0) is 14.7. The maximum atomic E-state index is 10.6. The summed E-state index contributed by atoms with van der Waals surface area (Å²) in [4.78, 5) is 14.7. The first kappa shape index (κ1) is 14.3. The highest BCUT2D eigenvalue weighted by Crippen LogP contribution is 2.10. The Balaban J connectivity index is 2.39. The molecule has 0 amide bonds. The van der Waals surface area contributed by atoms with Crippen molar-refractivity contribution in [3.8, 4) is 0 Å². The fourth-order valence-electron chi connectivity index (χ4n) is 1.67. The van der Waals surface area contributed by atoms with Crippen molar-refractivity contribution in [3.63, 3.8) is 0 Å². The SMILES string of the molecule is CC(C)c1n/c(=N\[N+](=O)[O-])n(Cc2ccc(Cl)cc2)[nH]1. The summed E-state index contributed by atoms with van der Waals surface area (Å²) in [6, 6.07) is 7.23. The molecular weight excluding hydrogens is 282 g/mol. The molecule has 0 bridgehead atoms. The van der Waals surface area contributed by atoms with Crippen molar-refractivity contribution in [1.82, 2.24) is 14.8 Å². The van der Waals surface area contributed by atoms with Crippen LogP contribution in [0.15, 0.2) is 29.4 Å². The average Bonchev–Trinajstić information content (AvgIpc) is 2.75. The predicted molar refractivity (Wildman–Crippen MR) is 73.8 cm³/mol. The molecule has 0 unspecified atom stereocenters. The maximum absolute atomic E-state index is 10.6. The largest absolute Gasteiger partial charge is 0.318 e. The smallest absolute Gasteiger partial charge is 0.282 e. The number of H-pyrrole nitrogens is 1. The summed E-state index contributed by atoms with van der Waals surface area (Å²) >= 11 is 5.83. The van der Waals surface area contributed by atoms with Gasteiger partial charge in [0.25, 0.3) is 0 Å². The molecule has 0 fully saturated rings. The number of aromatic nitrogens is 3. The second-order valence-electron chi connectivity index (χ2n) is 4.61. The molecule has 0 aliphatic rings. The third-order valence-corrected chi connectivity index (χ3v) is 2.94. The Bertz CT molecular complexity index is 672. The number of nitrogens with zero attached hydrogens (tertiary/aromatic N) is 4. The summed E-state index contributed by atoms with van der Waals surface area (Å²) in [5, 5.41) is 16.8. The molecule has 2 rings (SSSR count).